The zero-order chi connectivity index (χ0) is 16.0. The second-order valence-corrected chi connectivity index (χ2v) is 7.47. The Bertz CT molecular complexity index is 512. The lowest BCUT2D eigenvalue weighted by molar-refractivity contribution is -0.122. The van der Waals surface area contributed by atoms with Crippen LogP contribution in [0.4, 0.5) is 10.1 Å². The Balaban J connectivity index is 2.67. The number of halogens is 5. The quantitative estimate of drug-likeness (QED) is 0.383. The van der Waals surface area contributed by atoms with Gasteiger partial charge in [0.05, 0.1) is 0 Å². The summed E-state index contributed by atoms with van der Waals surface area (Å²) in [5, 5.41) is 7.72. The number of amides is 1. The normalized spacial score (nSPS) is 12.4. The first-order chi connectivity index (χ1) is 9.72. The first-order valence-corrected chi connectivity index (χ1v) is 7.81. The van der Waals surface area contributed by atoms with Gasteiger partial charge in [-0.15, -0.1) is 0 Å². The molecule has 0 spiro atoms. The molecule has 4 nitrogen and oxygen atoms in total. The van der Waals surface area contributed by atoms with Gasteiger partial charge in [0, 0.05) is 10.2 Å². The summed E-state index contributed by atoms with van der Waals surface area (Å²) < 4.78 is 11.2. The van der Waals surface area contributed by atoms with Crippen molar-refractivity contribution in [2.24, 2.45) is 0 Å². The van der Waals surface area contributed by atoms with Gasteiger partial charge < -0.3 is 16.0 Å². The van der Waals surface area contributed by atoms with Crippen molar-refractivity contribution in [3.63, 3.8) is 0 Å². The molecular formula is C11H10BrCl3FN3OS. The van der Waals surface area contributed by atoms with Crippen LogP contribution in [0.1, 0.15) is 0 Å². The molecule has 1 aromatic rings. The molecule has 0 aliphatic rings. The third kappa shape index (κ3) is 6.97. The number of alkyl halides is 4. The lowest BCUT2D eigenvalue weighted by Crippen LogP contribution is -2.56. The monoisotopic (exact) mass is 435 g/mol. The van der Waals surface area contributed by atoms with Crippen molar-refractivity contribution < 1.29 is 9.18 Å². The van der Waals surface area contributed by atoms with Crippen molar-refractivity contribution in [1.82, 2.24) is 10.6 Å². The Morgan fingerprint density at radius 1 is 1.29 bits per heavy atom. The van der Waals surface area contributed by atoms with Gasteiger partial charge in [-0.2, -0.15) is 0 Å². The van der Waals surface area contributed by atoms with Crippen LogP contribution in [0.25, 0.3) is 0 Å². The Kier molecular flexibility index (Phi) is 7.42. The van der Waals surface area contributed by atoms with Gasteiger partial charge >= 0.3 is 0 Å². The number of carbonyl (C=O) groups excluding carboxylic acids is 1. The van der Waals surface area contributed by atoms with E-state index < -0.39 is 22.5 Å². The van der Waals surface area contributed by atoms with Gasteiger partial charge in [-0.25, -0.2) is 4.39 Å². The fourth-order valence-electron chi connectivity index (χ4n) is 1.23. The molecule has 0 saturated carbocycles. The van der Waals surface area contributed by atoms with Gasteiger partial charge in [0.15, 0.2) is 11.8 Å². The van der Waals surface area contributed by atoms with E-state index >= 15 is 0 Å². The van der Waals surface area contributed by atoms with E-state index in [0.29, 0.717) is 5.69 Å². The molecule has 10 heteroatoms. The van der Waals surface area contributed by atoms with Gasteiger partial charge in [0.2, 0.25) is 3.79 Å². The summed E-state index contributed by atoms with van der Waals surface area (Å²) >= 11 is 25.5. The van der Waals surface area contributed by atoms with Crippen molar-refractivity contribution in [2.75, 3.05) is 12.0 Å². The van der Waals surface area contributed by atoms with E-state index in [-0.39, 0.29) is 5.11 Å². The Morgan fingerprint density at radius 2 is 1.86 bits per heavy atom. The highest BCUT2D eigenvalue weighted by Gasteiger charge is 2.34. The minimum absolute atomic E-state index is 0.104. The summed E-state index contributed by atoms with van der Waals surface area (Å²) in [7, 11) is 0. The Morgan fingerprint density at radius 3 is 2.33 bits per heavy atom. The smallest absolute Gasteiger partial charge is 0.253 e. The number of thiocarbonyl (C=S) groups is 1. The number of hydrogen-bond acceptors (Lipinski definition) is 2. The Hall–Kier alpha value is -0.340. The van der Waals surface area contributed by atoms with E-state index in [1.807, 2.05) is 12.1 Å². The summed E-state index contributed by atoms with van der Waals surface area (Å²) in [5.41, 5.74) is 0.690. The van der Waals surface area contributed by atoms with Crippen LogP contribution in [0.3, 0.4) is 0 Å². The minimum Gasteiger partial charge on any atom is -0.339 e. The number of hydrogen-bond donors (Lipinski definition) is 3. The standard InChI is InChI=1S/C11H10BrCl3FN3OS/c12-6-1-3-7(4-2-6)17-10(21)19-9(11(13,14)15)18-8(20)5-16/h1-4,9H,5H2,(H,18,20)(H2,17,19,21)/t9-/m0/s1. The van der Waals surface area contributed by atoms with E-state index in [2.05, 4.69) is 31.9 Å². The molecule has 3 N–H and O–H groups in total. The molecule has 1 aromatic carbocycles. The van der Waals surface area contributed by atoms with Gasteiger partial charge in [-0.05, 0) is 36.5 Å². The van der Waals surface area contributed by atoms with Crippen LogP contribution in [-0.4, -0.2) is 27.7 Å². The molecule has 1 rings (SSSR count). The summed E-state index contributed by atoms with van der Waals surface area (Å²) in [5.74, 6) is -0.926. The third-order valence-corrected chi connectivity index (χ3v) is 3.53. The van der Waals surface area contributed by atoms with E-state index in [1.165, 1.54) is 0 Å². The highest BCUT2D eigenvalue weighted by molar-refractivity contribution is 9.10. The summed E-state index contributed by atoms with van der Waals surface area (Å²) in [6.45, 7) is -1.23. The Labute approximate surface area is 149 Å². The molecule has 0 radical (unpaired) electrons. The first-order valence-electron chi connectivity index (χ1n) is 5.47. The van der Waals surface area contributed by atoms with Crippen molar-refractivity contribution in [1.29, 1.82) is 0 Å². The molecule has 0 fully saturated rings. The molecule has 0 saturated heterocycles. The topological polar surface area (TPSA) is 53.2 Å². The van der Waals surface area contributed by atoms with E-state index in [0.717, 1.165) is 4.47 Å². The number of nitrogens with one attached hydrogen (secondary N) is 3. The molecule has 0 aromatic heterocycles. The lowest BCUT2D eigenvalue weighted by Gasteiger charge is -2.27. The number of carbonyl (C=O) groups is 1. The third-order valence-electron chi connectivity index (χ3n) is 2.13. The minimum atomic E-state index is -1.91. The van der Waals surface area contributed by atoms with Gasteiger partial charge in [0.1, 0.15) is 6.17 Å². The zero-order valence-electron chi connectivity index (χ0n) is 10.3. The second-order valence-electron chi connectivity index (χ2n) is 3.78. The number of rotatable bonds is 4. The zero-order valence-corrected chi connectivity index (χ0v) is 15.0. The van der Waals surface area contributed by atoms with Crippen LogP contribution >= 0.6 is 63.0 Å². The maximum atomic E-state index is 12.2. The van der Waals surface area contributed by atoms with Crippen molar-refractivity contribution in [3.8, 4) is 0 Å². The molecule has 0 unspecified atom stereocenters. The van der Waals surface area contributed by atoms with E-state index in [4.69, 9.17) is 47.0 Å². The fourth-order valence-corrected chi connectivity index (χ4v) is 2.06. The van der Waals surface area contributed by atoms with E-state index in [9.17, 15) is 9.18 Å². The molecule has 0 aliphatic carbocycles. The van der Waals surface area contributed by atoms with Gasteiger partial charge in [-0.1, -0.05) is 50.7 Å². The molecule has 0 heterocycles. The molecule has 116 valence electrons. The van der Waals surface area contributed by atoms with Crippen LogP contribution in [0.15, 0.2) is 28.7 Å². The van der Waals surface area contributed by atoms with Crippen molar-refractivity contribution >= 4 is 79.7 Å². The van der Waals surface area contributed by atoms with E-state index in [1.54, 1.807) is 12.1 Å². The van der Waals surface area contributed by atoms with Crippen molar-refractivity contribution in [3.05, 3.63) is 28.7 Å². The molecule has 0 bridgehead atoms. The van der Waals surface area contributed by atoms with Crippen LogP contribution in [-0.2, 0) is 4.79 Å². The van der Waals surface area contributed by atoms with Crippen LogP contribution < -0.4 is 16.0 Å². The van der Waals surface area contributed by atoms with Crippen LogP contribution in [0.5, 0.6) is 0 Å². The highest BCUT2D eigenvalue weighted by Crippen LogP contribution is 2.29. The lowest BCUT2D eigenvalue weighted by atomic mass is 10.3. The van der Waals surface area contributed by atoms with Crippen molar-refractivity contribution in [2.45, 2.75) is 9.96 Å². The molecule has 1 amide bonds. The molecule has 1 atom stereocenters. The predicted octanol–water partition coefficient (Wildman–Crippen LogP) is 3.52. The first kappa shape index (κ1) is 18.7. The molecule has 21 heavy (non-hydrogen) atoms. The molecule has 0 aliphatic heterocycles. The summed E-state index contributed by atoms with van der Waals surface area (Å²) in [6.07, 6.45) is -1.18. The van der Waals surface area contributed by atoms with Crippen LogP contribution in [0.2, 0.25) is 0 Å². The predicted molar refractivity (Wildman–Crippen MR) is 91.7 cm³/mol. The van der Waals surface area contributed by atoms with Crippen LogP contribution in [0, 0.1) is 0 Å². The largest absolute Gasteiger partial charge is 0.339 e. The second kappa shape index (κ2) is 8.33. The van der Waals surface area contributed by atoms with Gasteiger partial charge in [0.25, 0.3) is 5.91 Å². The summed E-state index contributed by atoms with van der Waals surface area (Å²) in [6, 6.07) is 7.15. The SMILES string of the molecule is O=C(CF)N[C@@H](NC(=S)Nc1ccc(Br)cc1)C(Cl)(Cl)Cl. The number of anilines is 1. The highest BCUT2D eigenvalue weighted by atomic mass is 79.9. The maximum Gasteiger partial charge on any atom is 0.253 e. The average molecular weight is 438 g/mol. The fraction of sp³-hybridized carbons (Fsp3) is 0.273. The van der Waals surface area contributed by atoms with Gasteiger partial charge in [-0.3, -0.25) is 4.79 Å². The average Bonchev–Trinajstić information content (AvgIpc) is 2.39. The molecular weight excluding hydrogens is 427 g/mol. The summed E-state index contributed by atoms with van der Waals surface area (Å²) in [4.78, 5) is 11.1. The number of benzene rings is 1. The maximum absolute atomic E-state index is 12.2.